The Hall–Kier alpha value is -3.19. The maximum atomic E-state index is 13.7. The van der Waals surface area contributed by atoms with Crippen molar-refractivity contribution in [2.24, 2.45) is 0 Å². The largest absolute Gasteiger partial charge is 0.502 e. The molecule has 1 aliphatic heterocycles. The first-order chi connectivity index (χ1) is 16.4. The summed E-state index contributed by atoms with van der Waals surface area (Å²) >= 11 is 1.68. The predicted octanol–water partition coefficient (Wildman–Crippen LogP) is 3.93. The van der Waals surface area contributed by atoms with Gasteiger partial charge in [0.05, 0.1) is 6.04 Å². The number of hydrogen-bond donors (Lipinski definition) is 1. The fourth-order valence-corrected chi connectivity index (χ4v) is 6.01. The molecular weight excluding hydrogens is 446 g/mol. The highest BCUT2D eigenvalue weighted by atomic mass is 32.2. The van der Waals surface area contributed by atoms with E-state index in [0.29, 0.717) is 5.75 Å². The Morgan fingerprint density at radius 3 is 2.12 bits per heavy atom. The molecule has 0 saturated carbocycles. The number of nitrogens with zero attached hydrogens (tertiary/aromatic N) is 3. The lowest BCUT2D eigenvalue weighted by Gasteiger charge is -2.51. The highest BCUT2D eigenvalue weighted by Gasteiger charge is 2.45. The number of carbonyl (C=O) groups excluding carboxylic acids is 1. The van der Waals surface area contributed by atoms with E-state index in [-0.39, 0.29) is 29.9 Å². The van der Waals surface area contributed by atoms with Crippen molar-refractivity contribution in [2.45, 2.75) is 44.9 Å². The number of thioether (sulfide) groups is 1. The molecule has 6 nitrogen and oxygen atoms in total. The summed E-state index contributed by atoms with van der Waals surface area (Å²) in [6, 6.07) is 18.0. The molecular formula is C27H29N3O3S. The number of rotatable bonds is 4. The maximum absolute atomic E-state index is 13.7. The first-order valence-corrected chi connectivity index (χ1v) is 13.0. The van der Waals surface area contributed by atoms with E-state index >= 15 is 0 Å². The molecule has 0 radical (unpaired) electrons. The van der Waals surface area contributed by atoms with Crippen LogP contribution in [0.2, 0.25) is 0 Å². The molecule has 1 N–H and O–H groups in total. The number of aryl methyl sites for hydroxylation is 2. The van der Waals surface area contributed by atoms with E-state index in [2.05, 4.69) is 53.5 Å². The summed E-state index contributed by atoms with van der Waals surface area (Å²) in [5, 5.41) is 13.0. The second-order valence-corrected chi connectivity index (χ2v) is 10.1. The summed E-state index contributed by atoms with van der Waals surface area (Å²) in [6.45, 7) is 3.96. The highest BCUT2D eigenvalue weighted by molar-refractivity contribution is 7.98. The molecule has 2 heterocycles. The van der Waals surface area contributed by atoms with Crippen LogP contribution in [-0.2, 0) is 12.8 Å². The molecule has 7 heteroatoms. The van der Waals surface area contributed by atoms with Crippen molar-refractivity contribution in [1.29, 1.82) is 0 Å². The molecule has 3 aromatic rings. The Morgan fingerprint density at radius 1 is 0.971 bits per heavy atom. The quantitative estimate of drug-likeness (QED) is 0.619. The van der Waals surface area contributed by atoms with Gasteiger partial charge in [-0.15, -0.1) is 0 Å². The van der Waals surface area contributed by atoms with E-state index in [1.54, 1.807) is 27.5 Å². The minimum atomic E-state index is -0.548. The second kappa shape index (κ2) is 8.87. The zero-order valence-corrected chi connectivity index (χ0v) is 20.5. The molecule has 2 aromatic carbocycles. The lowest BCUT2D eigenvalue weighted by molar-refractivity contribution is 0.0502. The number of benzene rings is 2. The van der Waals surface area contributed by atoms with E-state index in [9.17, 15) is 14.7 Å². The number of fused-ring (bicyclic) bond motifs is 3. The van der Waals surface area contributed by atoms with E-state index < -0.39 is 11.2 Å². The van der Waals surface area contributed by atoms with Crippen molar-refractivity contribution < 1.29 is 9.90 Å². The van der Waals surface area contributed by atoms with Gasteiger partial charge in [-0.05, 0) is 55.2 Å². The molecule has 1 amide bonds. The third-order valence-corrected chi connectivity index (χ3v) is 7.50. The van der Waals surface area contributed by atoms with Gasteiger partial charge in [0.2, 0.25) is 5.43 Å². The van der Waals surface area contributed by atoms with Crippen LogP contribution < -0.4 is 10.4 Å². The van der Waals surface area contributed by atoms with Crippen LogP contribution >= 0.6 is 11.8 Å². The van der Waals surface area contributed by atoms with Gasteiger partial charge in [-0.1, -0.05) is 48.5 Å². The zero-order valence-electron chi connectivity index (χ0n) is 19.6. The number of aromatic hydroxyl groups is 1. The zero-order chi connectivity index (χ0) is 24.0. The number of amides is 1. The lowest BCUT2D eigenvalue weighted by Crippen LogP contribution is -2.65. The van der Waals surface area contributed by atoms with Crippen LogP contribution in [-0.4, -0.2) is 44.8 Å². The third kappa shape index (κ3) is 3.50. The molecule has 2 aliphatic rings. The van der Waals surface area contributed by atoms with E-state index in [0.717, 1.165) is 12.8 Å². The fraction of sp³-hybridized carbons (Fsp3) is 0.333. The van der Waals surface area contributed by atoms with E-state index in [1.165, 1.54) is 28.3 Å². The van der Waals surface area contributed by atoms with Crippen LogP contribution in [0.4, 0.5) is 0 Å². The Morgan fingerprint density at radius 2 is 1.56 bits per heavy atom. The third-order valence-electron chi connectivity index (χ3n) is 6.87. The summed E-state index contributed by atoms with van der Waals surface area (Å²) < 4.78 is 1.72. The normalized spacial score (nSPS) is 17.9. The van der Waals surface area contributed by atoms with Crippen molar-refractivity contribution >= 4 is 17.7 Å². The van der Waals surface area contributed by atoms with Crippen molar-refractivity contribution in [2.75, 3.05) is 17.0 Å². The molecule has 0 saturated heterocycles. The van der Waals surface area contributed by atoms with E-state index in [4.69, 9.17) is 0 Å². The standard InChI is InChI=1S/C27H29N3O3S/c1-17(2)29-23(16-34-3)30(28-15-14-22(31)26(32)25(28)27(29)33)24-20-10-6-4-8-18(20)12-13-19-9-5-7-11-21(19)24/h4-11,14-15,17,23-24,32H,12-13,16H2,1-3H3. The van der Waals surface area contributed by atoms with Gasteiger partial charge in [0.25, 0.3) is 5.91 Å². The first-order valence-electron chi connectivity index (χ1n) is 11.6. The predicted molar refractivity (Wildman–Crippen MR) is 136 cm³/mol. The van der Waals surface area contributed by atoms with Crippen molar-refractivity contribution in [3.63, 3.8) is 0 Å². The van der Waals surface area contributed by atoms with Gasteiger partial charge in [-0.3, -0.25) is 19.3 Å². The minimum Gasteiger partial charge on any atom is -0.502 e. The van der Waals surface area contributed by atoms with Crippen LogP contribution in [0, 0.1) is 0 Å². The molecule has 34 heavy (non-hydrogen) atoms. The van der Waals surface area contributed by atoms with Crippen LogP contribution in [0.5, 0.6) is 5.75 Å². The summed E-state index contributed by atoms with van der Waals surface area (Å²) in [6.07, 6.45) is 5.26. The van der Waals surface area contributed by atoms with Crippen LogP contribution in [0.3, 0.4) is 0 Å². The fourth-order valence-electron chi connectivity index (χ4n) is 5.40. The lowest BCUT2D eigenvalue weighted by atomic mass is 9.93. The minimum absolute atomic E-state index is 0.0257. The molecule has 1 unspecified atom stereocenters. The van der Waals surface area contributed by atoms with Crippen LogP contribution in [0.25, 0.3) is 0 Å². The monoisotopic (exact) mass is 475 g/mol. The first kappa shape index (κ1) is 22.6. The number of pyridine rings is 1. The van der Waals surface area contributed by atoms with Crippen LogP contribution in [0.15, 0.2) is 65.6 Å². The number of aromatic nitrogens is 1. The summed E-state index contributed by atoms with van der Waals surface area (Å²) in [5.74, 6) is -0.145. The van der Waals surface area contributed by atoms with Crippen molar-refractivity contribution in [3.8, 4) is 5.75 Å². The number of carbonyl (C=O) groups is 1. The Kier molecular flexibility index (Phi) is 5.90. The smallest absolute Gasteiger partial charge is 0.278 e. The van der Waals surface area contributed by atoms with Gasteiger partial charge >= 0.3 is 0 Å². The molecule has 0 fully saturated rings. The second-order valence-electron chi connectivity index (χ2n) is 9.14. The van der Waals surface area contributed by atoms with Gasteiger partial charge in [0.1, 0.15) is 6.17 Å². The van der Waals surface area contributed by atoms with Crippen molar-refractivity contribution in [3.05, 3.63) is 99.0 Å². The molecule has 1 aromatic heterocycles. The summed E-state index contributed by atoms with van der Waals surface area (Å²) in [5.41, 5.74) is 4.38. The summed E-state index contributed by atoms with van der Waals surface area (Å²) in [4.78, 5) is 27.9. The Balaban J connectivity index is 1.85. The average Bonchev–Trinajstić information content (AvgIpc) is 2.99. The maximum Gasteiger partial charge on any atom is 0.278 e. The molecule has 176 valence electrons. The number of hydrogen-bond acceptors (Lipinski definition) is 5. The van der Waals surface area contributed by atoms with Gasteiger partial charge in [-0.25, -0.2) is 0 Å². The van der Waals surface area contributed by atoms with Crippen LogP contribution in [0.1, 0.15) is 52.6 Å². The van der Waals surface area contributed by atoms with Gasteiger partial charge < -0.3 is 10.0 Å². The molecule has 0 spiro atoms. The average molecular weight is 476 g/mol. The Labute approximate surface area is 203 Å². The molecule has 0 bridgehead atoms. The Bertz CT molecular complexity index is 1250. The SMILES string of the molecule is CSCC1N(C(C)C)C(=O)c2c(O)c(=O)ccn2N1C1c2ccccc2CCc2ccccc21. The topological polar surface area (TPSA) is 65.8 Å². The van der Waals surface area contributed by atoms with Crippen molar-refractivity contribution in [1.82, 2.24) is 9.58 Å². The van der Waals surface area contributed by atoms with Gasteiger partial charge in [0, 0.05) is 24.1 Å². The van der Waals surface area contributed by atoms with Gasteiger partial charge in [-0.2, -0.15) is 11.8 Å². The molecule has 1 aliphatic carbocycles. The highest BCUT2D eigenvalue weighted by Crippen LogP contribution is 2.40. The molecule has 1 atom stereocenters. The van der Waals surface area contributed by atoms with E-state index in [1.807, 2.05) is 20.1 Å². The van der Waals surface area contributed by atoms with Gasteiger partial charge in [0.15, 0.2) is 11.4 Å². The molecule has 5 rings (SSSR count). The summed E-state index contributed by atoms with van der Waals surface area (Å²) in [7, 11) is 0.